The standard InChI is InChI=1S/C20H15Cl2N3O4/c1-2-29-20(28)16-15-17(25(23-16)12-9-7-11(21)8-10-12)19(27)24(18(15)26)14-6-4-3-5-13(14)22/h3-10,15,17H,2H2,1H3/t15-,17-/m0/s1. The Kier molecular flexibility index (Phi) is 5.02. The van der Waals surface area contributed by atoms with E-state index < -0.39 is 29.7 Å². The van der Waals surface area contributed by atoms with Gasteiger partial charge in [0, 0.05) is 5.02 Å². The molecule has 0 radical (unpaired) electrons. The van der Waals surface area contributed by atoms with Gasteiger partial charge in [0.2, 0.25) is 5.91 Å². The summed E-state index contributed by atoms with van der Waals surface area (Å²) >= 11 is 12.2. The highest BCUT2D eigenvalue weighted by Crippen LogP contribution is 2.40. The van der Waals surface area contributed by atoms with Crippen molar-refractivity contribution in [1.82, 2.24) is 0 Å². The van der Waals surface area contributed by atoms with Gasteiger partial charge in [0.1, 0.15) is 12.0 Å². The summed E-state index contributed by atoms with van der Waals surface area (Å²) in [6.45, 7) is 1.77. The summed E-state index contributed by atoms with van der Waals surface area (Å²) in [7, 11) is 0. The number of para-hydroxylation sites is 1. The fourth-order valence-corrected chi connectivity index (χ4v) is 3.81. The number of carbonyl (C=O) groups is 3. The summed E-state index contributed by atoms with van der Waals surface area (Å²) in [4.78, 5) is 40.0. The molecule has 2 aromatic rings. The molecule has 0 aliphatic carbocycles. The predicted molar refractivity (Wildman–Crippen MR) is 109 cm³/mol. The molecule has 0 aromatic heterocycles. The Balaban J connectivity index is 1.81. The van der Waals surface area contributed by atoms with Crippen LogP contribution >= 0.6 is 23.2 Å². The van der Waals surface area contributed by atoms with Crippen LogP contribution in [0.3, 0.4) is 0 Å². The number of rotatable bonds is 4. The van der Waals surface area contributed by atoms with Crippen LogP contribution in [0.25, 0.3) is 0 Å². The zero-order valence-corrected chi connectivity index (χ0v) is 16.7. The largest absolute Gasteiger partial charge is 0.461 e. The van der Waals surface area contributed by atoms with Crippen LogP contribution in [-0.2, 0) is 19.1 Å². The first-order chi connectivity index (χ1) is 13.9. The second-order valence-electron chi connectivity index (χ2n) is 6.41. The van der Waals surface area contributed by atoms with Crippen molar-refractivity contribution in [2.45, 2.75) is 13.0 Å². The van der Waals surface area contributed by atoms with E-state index in [9.17, 15) is 14.4 Å². The van der Waals surface area contributed by atoms with Crippen molar-refractivity contribution in [3.8, 4) is 0 Å². The van der Waals surface area contributed by atoms with Gasteiger partial charge in [0.25, 0.3) is 5.91 Å². The average molecular weight is 432 g/mol. The maximum absolute atomic E-state index is 13.3. The normalized spacial score (nSPS) is 20.7. The second kappa shape index (κ2) is 7.50. The highest BCUT2D eigenvalue weighted by atomic mass is 35.5. The van der Waals surface area contributed by atoms with Gasteiger partial charge in [0.05, 0.1) is 23.0 Å². The number of hydrogen-bond acceptors (Lipinski definition) is 6. The predicted octanol–water partition coefficient (Wildman–Crippen LogP) is 3.29. The maximum Gasteiger partial charge on any atom is 0.355 e. The minimum Gasteiger partial charge on any atom is -0.461 e. The van der Waals surface area contributed by atoms with Gasteiger partial charge in [-0.05, 0) is 43.3 Å². The van der Waals surface area contributed by atoms with Crippen molar-refractivity contribution in [3.05, 3.63) is 58.6 Å². The number of benzene rings is 2. The molecule has 2 aliphatic rings. The molecule has 2 amide bonds. The number of carbonyl (C=O) groups excluding carboxylic acids is 3. The number of anilines is 2. The monoisotopic (exact) mass is 431 g/mol. The highest BCUT2D eigenvalue weighted by Gasteiger charge is 2.59. The third-order valence-electron chi connectivity index (χ3n) is 4.72. The lowest BCUT2D eigenvalue weighted by Gasteiger charge is -2.22. The van der Waals surface area contributed by atoms with E-state index in [1.54, 1.807) is 55.5 Å². The van der Waals surface area contributed by atoms with Crippen LogP contribution < -0.4 is 9.91 Å². The van der Waals surface area contributed by atoms with E-state index in [0.29, 0.717) is 10.7 Å². The number of halogens is 2. The maximum atomic E-state index is 13.3. The number of hydrogen-bond donors (Lipinski definition) is 0. The van der Waals surface area contributed by atoms with Crippen molar-refractivity contribution in [3.63, 3.8) is 0 Å². The first kappa shape index (κ1) is 19.4. The third kappa shape index (κ3) is 3.16. The molecule has 7 nitrogen and oxygen atoms in total. The van der Waals surface area contributed by atoms with E-state index >= 15 is 0 Å². The number of ether oxygens (including phenoxy) is 1. The van der Waals surface area contributed by atoms with Crippen molar-refractivity contribution < 1.29 is 19.1 Å². The SMILES string of the molecule is CCOC(=O)C1=NN(c2ccc(Cl)cc2)[C@@H]2C(=O)N(c3ccccc3Cl)C(=O)[C@@H]12. The Hall–Kier alpha value is -2.90. The molecule has 2 atom stereocenters. The first-order valence-electron chi connectivity index (χ1n) is 8.86. The van der Waals surface area contributed by atoms with Crippen LogP contribution in [0.5, 0.6) is 0 Å². The molecule has 4 rings (SSSR count). The molecule has 2 aliphatic heterocycles. The minimum absolute atomic E-state index is 0.111. The lowest BCUT2D eigenvalue weighted by atomic mass is 9.98. The van der Waals surface area contributed by atoms with E-state index in [2.05, 4.69) is 5.10 Å². The fourth-order valence-electron chi connectivity index (χ4n) is 3.47. The number of hydrazone groups is 1. The average Bonchev–Trinajstić information content (AvgIpc) is 3.21. The van der Waals surface area contributed by atoms with Crippen molar-refractivity contribution >= 4 is 58.1 Å². The van der Waals surface area contributed by atoms with Gasteiger partial charge in [-0.25, -0.2) is 9.69 Å². The Labute approximate surface area is 176 Å². The Morgan fingerprint density at radius 3 is 2.41 bits per heavy atom. The summed E-state index contributed by atoms with van der Waals surface area (Å²) < 4.78 is 5.06. The molecule has 29 heavy (non-hydrogen) atoms. The van der Waals surface area contributed by atoms with Crippen LogP contribution in [0.4, 0.5) is 11.4 Å². The molecule has 9 heteroatoms. The van der Waals surface area contributed by atoms with Gasteiger partial charge in [-0.1, -0.05) is 35.3 Å². The van der Waals surface area contributed by atoms with E-state index in [1.807, 2.05) is 0 Å². The Bertz CT molecular complexity index is 1040. The second-order valence-corrected chi connectivity index (χ2v) is 7.26. The Morgan fingerprint density at radius 1 is 1.07 bits per heavy atom. The molecule has 2 heterocycles. The van der Waals surface area contributed by atoms with Crippen LogP contribution in [0.2, 0.25) is 10.0 Å². The number of nitrogens with zero attached hydrogens (tertiary/aromatic N) is 3. The molecule has 0 saturated carbocycles. The van der Waals surface area contributed by atoms with Gasteiger partial charge in [-0.2, -0.15) is 5.10 Å². The third-order valence-corrected chi connectivity index (χ3v) is 5.29. The number of imide groups is 1. The van der Waals surface area contributed by atoms with Crippen molar-refractivity contribution in [1.29, 1.82) is 0 Å². The molecule has 1 fully saturated rings. The number of fused-ring (bicyclic) bond motifs is 1. The summed E-state index contributed by atoms with van der Waals surface area (Å²) in [5, 5.41) is 6.40. The molecule has 0 bridgehead atoms. The number of esters is 1. The van der Waals surface area contributed by atoms with Crippen LogP contribution in [0.1, 0.15) is 6.92 Å². The molecular formula is C20H15Cl2N3O4. The topological polar surface area (TPSA) is 79.3 Å². The fraction of sp³-hybridized carbons (Fsp3) is 0.200. The van der Waals surface area contributed by atoms with Gasteiger partial charge >= 0.3 is 5.97 Å². The molecule has 0 unspecified atom stereocenters. The van der Waals surface area contributed by atoms with Gasteiger partial charge in [-0.15, -0.1) is 0 Å². The van der Waals surface area contributed by atoms with Crippen molar-refractivity contribution in [2.24, 2.45) is 11.0 Å². The quantitative estimate of drug-likeness (QED) is 0.547. The highest BCUT2D eigenvalue weighted by molar-refractivity contribution is 6.48. The zero-order valence-electron chi connectivity index (χ0n) is 15.2. The Morgan fingerprint density at radius 2 is 1.76 bits per heavy atom. The molecule has 1 saturated heterocycles. The van der Waals surface area contributed by atoms with E-state index in [1.165, 1.54) is 5.01 Å². The molecule has 148 valence electrons. The molecule has 0 N–H and O–H groups in total. The van der Waals surface area contributed by atoms with Gasteiger partial charge < -0.3 is 4.74 Å². The molecule has 2 aromatic carbocycles. The first-order valence-corrected chi connectivity index (χ1v) is 9.62. The van der Waals surface area contributed by atoms with Gasteiger partial charge in [-0.3, -0.25) is 14.6 Å². The van der Waals surface area contributed by atoms with E-state index in [-0.39, 0.29) is 23.0 Å². The molecular weight excluding hydrogens is 417 g/mol. The van der Waals surface area contributed by atoms with E-state index in [4.69, 9.17) is 27.9 Å². The van der Waals surface area contributed by atoms with E-state index in [0.717, 1.165) is 4.90 Å². The summed E-state index contributed by atoms with van der Waals surface area (Å²) in [5.74, 6) is -2.92. The lowest BCUT2D eigenvalue weighted by molar-refractivity contribution is -0.136. The minimum atomic E-state index is -1.09. The van der Waals surface area contributed by atoms with Crippen LogP contribution in [0, 0.1) is 5.92 Å². The summed E-state index contributed by atoms with van der Waals surface area (Å²) in [6.07, 6.45) is 0. The van der Waals surface area contributed by atoms with Gasteiger partial charge in [0.15, 0.2) is 5.71 Å². The smallest absolute Gasteiger partial charge is 0.355 e. The summed E-state index contributed by atoms with van der Waals surface area (Å²) in [5.41, 5.74) is 0.670. The molecule has 0 spiro atoms. The lowest BCUT2D eigenvalue weighted by Crippen LogP contribution is -2.39. The van der Waals surface area contributed by atoms with Crippen LogP contribution in [-0.4, -0.2) is 36.1 Å². The summed E-state index contributed by atoms with van der Waals surface area (Å²) in [6, 6.07) is 12.1. The van der Waals surface area contributed by atoms with Crippen LogP contribution in [0.15, 0.2) is 53.6 Å². The zero-order chi connectivity index (χ0) is 20.7. The van der Waals surface area contributed by atoms with Crippen molar-refractivity contribution in [2.75, 3.05) is 16.5 Å². The number of amides is 2.